The standard InChI is InChI=1S/C12H20N2/c1-11(13-9-10-14(2)3)12-7-5-4-6-8-12/h4-8,11,13H,9-10H2,1-3H3/t11-/m1/s1. The molecule has 1 atom stereocenters. The minimum Gasteiger partial charge on any atom is -0.309 e. The SMILES string of the molecule is C[C@@H](NCCN(C)C)c1ccccc1. The molecule has 0 aliphatic rings. The van der Waals surface area contributed by atoms with Crippen molar-refractivity contribution in [3.63, 3.8) is 0 Å². The maximum Gasteiger partial charge on any atom is 0.0292 e. The highest BCUT2D eigenvalue weighted by molar-refractivity contribution is 5.17. The summed E-state index contributed by atoms with van der Waals surface area (Å²) in [6.45, 7) is 4.31. The summed E-state index contributed by atoms with van der Waals surface area (Å²) in [5, 5.41) is 3.49. The fraction of sp³-hybridized carbons (Fsp3) is 0.500. The van der Waals surface area contributed by atoms with Gasteiger partial charge in [0.2, 0.25) is 0 Å². The van der Waals surface area contributed by atoms with Crippen LogP contribution in [-0.4, -0.2) is 32.1 Å². The largest absolute Gasteiger partial charge is 0.309 e. The van der Waals surface area contributed by atoms with Crippen LogP contribution in [0.4, 0.5) is 0 Å². The van der Waals surface area contributed by atoms with Crippen LogP contribution in [0.3, 0.4) is 0 Å². The van der Waals surface area contributed by atoms with Gasteiger partial charge in [-0.15, -0.1) is 0 Å². The van der Waals surface area contributed by atoms with Crippen molar-refractivity contribution in [3.05, 3.63) is 35.9 Å². The first-order chi connectivity index (χ1) is 6.70. The molecule has 0 amide bonds. The third-order valence-corrected chi connectivity index (χ3v) is 2.31. The van der Waals surface area contributed by atoms with Gasteiger partial charge in [0, 0.05) is 19.1 Å². The van der Waals surface area contributed by atoms with Gasteiger partial charge >= 0.3 is 0 Å². The van der Waals surface area contributed by atoms with Crippen LogP contribution < -0.4 is 5.32 Å². The molecule has 0 unspecified atom stereocenters. The van der Waals surface area contributed by atoms with Crippen LogP contribution in [0.5, 0.6) is 0 Å². The van der Waals surface area contributed by atoms with E-state index in [4.69, 9.17) is 0 Å². The molecule has 0 saturated carbocycles. The zero-order valence-corrected chi connectivity index (χ0v) is 9.33. The average molecular weight is 192 g/mol. The zero-order valence-electron chi connectivity index (χ0n) is 9.33. The summed E-state index contributed by atoms with van der Waals surface area (Å²) in [6.07, 6.45) is 0. The second-order valence-electron chi connectivity index (χ2n) is 3.89. The smallest absolute Gasteiger partial charge is 0.0292 e. The van der Waals surface area contributed by atoms with Crippen LogP contribution in [0, 0.1) is 0 Å². The van der Waals surface area contributed by atoms with E-state index < -0.39 is 0 Å². The first kappa shape index (κ1) is 11.2. The normalized spacial score (nSPS) is 13.1. The molecule has 78 valence electrons. The number of nitrogens with one attached hydrogen (secondary N) is 1. The first-order valence-electron chi connectivity index (χ1n) is 5.13. The van der Waals surface area contributed by atoms with Crippen molar-refractivity contribution in [1.29, 1.82) is 0 Å². The van der Waals surface area contributed by atoms with E-state index in [2.05, 4.69) is 61.6 Å². The molecule has 2 nitrogen and oxygen atoms in total. The molecule has 1 N–H and O–H groups in total. The van der Waals surface area contributed by atoms with Crippen LogP contribution >= 0.6 is 0 Å². The molecule has 0 spiro atoms. The molecule has 1 rings (SSSR count). The lowest BCUT2D eigenvalue weighted by Crippen LogP contribution is -2.28. The van der Waals surface area contributed by atoms with Gasteiger partial charge in [0.1, 0.15) is 0 Å². The number of rotatable bonds is 5. The minimum absolute atomic E-state index is 0.441. The minimum atomic E-state index is 0.441. The molecule has 0 aliphatic carbocycles. The predicted molar refractivity (Wildman–Crippen MR) is 61.4 cm³/mol. The Morgan fingerprint density at radius 2 is 1.86 bits per heavy atom. The highest BCUT2D eigenvalue weighted by Crippen LogP contribution is 2.10. The summed E-state index contributed by atoms with van der Waals surface area (Å²) in [6, 6.07) is 11.0. The van der Waals surface area contributed by atoms with E-state index in [-0.39, 0.29) is 0 Å². The van der Waals surface area contributed by atoms with Crippen molar-refractivity contribution < 1.29 is 0 Å². The molecule has 14 heavy (non-hydrogen) atoms. The van der Waals surface area contributed by atoms with E-state index in [1.165, 1.54) is 5.56 Å². The van der Waals surface area contributed by atoms with E-state index in [9.17, 15) is 0 Å². The highest BCUT2D eigenvalue weighted by atomic mass is 15.1. The molecule has 0 aromatic heterocycles. The third kappa shape index (κ3) is 3.90. The van der Waals surface area contributed by atoms with Gasteiger partial charge in [-0.3, -0.25) is 0 Å². The van der Waals surface area contributed by atoms with E-state index in [1.807, 2.05) is 0 Å². The summed E-state index contributed by atoms with van der Waals surface area (Å²) in [5.74, 6) is 0. The topological polar surface area (TPSA) is 15.3 Å². The van der Waals surface area contributed by atoms with Gasteiger partial charge in [0.05, 0.1) is 0 Å². The zero-order chi connectivity index (χ0) is 10.4. The monoisotopic (exact) mass is 192 g/mol. The molecule has 0 radical (unpaired) electrons. The van der Waals surface area contributed by atoms with Gasteiger partial charge in [-0.25, -0.2) is 0 Å². The van der Waals surface area contributed by atoms with Gasteiger partial charge in [-0.1, -0.05) is 30.3 Å². The Balaban J connectivity index is 2.32. The summed E-state index contributed by atoms with van der Waals surface area (Å²) >= 11 is 0. The number of benzene rings is 1. The Bertz CT molecular complexity index is 244. The fourth-order valence-electron chi connectivity index (χ4n) is 1.36. The highest BCUT2D eigenvalue weighted by Gasteiger charge is 2.02. The summed E-state index contributed by atoms with van der Waals surface area (Å²) in [4.78, 5) is 2.19. The molecule has 2 heteroatoms. The first-order valence-corrected chi connectivity index (χ1v) is 5.13. The molecule has 0 heterocycles. The Kier molecular flexibility index (Phi) is 4.63. The van der Waals surface area contributed by atoms with Gasteiger partial charge in [-0.05, 0) is 26.6 Å². The lowest BCUT2D eigenvalue weighted by molar-refractivity contribution is 0.389. The Hall–Kier alpha value is -0.860. The second-order valence-corrected chi connectivity index (χ2v) is 3.89. The molecule has 0 bridgehead atoms. The molecule has 1 aromatic rings. The van der Waals surface area contributed by atoms with Gasteiger partial charge < -0.3 is 10.2 Å². The molecular weight excluding hydrogens is 172 g/mol. The third-order valence-electron chi connectivity index (χ3n) is 2.31. The van der Waals surface area contributed by atoms with Crippen molar-refractivity contribution in [3.8, 4) is 0 Å². The van der Waals surface area contributed by atoms with E-state index in [1.54, 1.807) is 0 Å². The quantitative estimate of drug-likeness (QED) is 0.766. The maximum atomic E-state index is 3.49. The van der Waals surface area contributed by atoms with Crippen LogP contribution in [0.25, 0.3) is 0 Å². The predicted octanol–water partition coefficient (Wildman–Crippen LogP) is 1.90. The summed E-state index contributed by atoms with van der Waals surface area (Å²) in [7, 11) is 4.18. The lowest BCUT2D eigenvalue weighted by Gasteiger charge is -2.16. The van der Waals surface area contributed by atoms with Crippen LogP contribution in [-0.2, 0) is 0 Å². The number of likely N-dealkylation sites (N-methyl/N-ethyl adjacent to an activating group) is 1. The van der Waals surface area contributed by atoms with Crippen molar-refractivity contribution >= 4 is 0 Å². The number of hydrogen-bond donors (Lipinski definition) is 1. The van der Waals surface area contributed by atoms with Gasteiger partial charge in [-0.2, -0.15) is 0 Å². The van der Waals surface area contributed by atoms with E-state index in [0.717, 1.165) is 13.1 Å². The Morgan fingerprint density at radius 1 is 1.21 bits per heavy atom. The number of nitrogens with zero attached hydrogens (tertiary/aromatic N) is 1. The Morgan fingerprint density at radius 3 is 2.43 bits per heavy atom. The van der Waals surface area contributed by atoms with Crippen molar-refractivity contribution in [1.82, 2.24) is 10.2 Å². The van der Waals surface area contributed by atoms with E-state index in [0.29, 0.717) is 6.04 Å². The van der Waals surface area contributed by atoms with Crippen molar-refractivity contribution in [2.75, 3.05) is 27.2 Å². The Labute approximate surface area is 86.9 Å². The van der Waals surface area contributed by atoms with Crippen LogP contribution in [0.2, 0.25) is 0 Å². The summed E-state index contributed by atoms with van der Waals surface area (Å²) in [5.41, 5.74) is 1.35. The fourth-order valence-corrected chi connectivity index (χ4v) is 1.36. The van der Waals surface area contributed by atoms with Crippen molar-refractivity contribution in [2.45, 2.75) is 13.0 Å². The van der Waals surface area contributed by atoms with E-state index >= 15 is 0 Å². The van der Waals surface area contributed by atoms with Gasteiger partial charge in [0.25, 0.3) is 0 Å². The second kappa shape index (κ2) is 5.78. The lowest BCUT2D eigenvalue weighted by atomic mass is 10.1. The maximum absolute atomic E-state index is 3.49. The molecule has 0 aliphatic heterocycles. The van der Waals surface area contributed by atoms with Crippen LogP contribution in [0.1, 0.15) is 18.5 Å². The molecule has 0 saturated heterocycles. The summed E-state index contributed by atoms with van der Waals surface area (Å²) < 4.78 is 0. The molecular formula is C12H20N2. The van der Waals surface area contributed by atoms with Gasteiger partial charge in [0.15, 0.2) is 0 Å². The average Bonchev–Trinajstić information content (AvgIpc) is 2.18. The molecule has 0 fully saturated rings. The molecule has 1 aromatic carbocycles. The van der Waals surface area contributed by atoms with Crippen LogP contribution in [0.15, 0.2) is 30.3 Å². The van der Waals surface area contributed by atoms with Crippen molar-refractivity contribution in [2.24, 2.45) is 0 Å². The number of hydrogen-bond acceptors (Lipinski definition) is 2.